The van der Waals surface area contributed by atoms with E-state index in [1.807, 2.05) is 12.1 Å². The molecule has 0 saturated heterocycles. The lowest BCUT2D eigenvalue weighted by Gasteiger charge is -2.10. The number of nitrogens with zero attached hydrogens (tertiary/aromatic N) is 2. The highest BCUT2D eigenvalue weighted by atomic mass is 15.0. The average molecular weight is 552 g/mol. The van der Waals surface area contributed by atoms with Gasteiger partial charge in [0.25, 0.3) is 0 Å². The number of benzene rings is 7. The molecule has 43 heavy (non-hydrogen) atoms. The molecule has 2 heteroatoms. The lowest BCUT2D eigenvalue weighted by atomic mass is 10.0. The third-order valence-electron chi connectivity index (χ3n) is 8.80. The van der Waals surface area contributed by atoms with Crippen molar-refractivity contribution in [3.63, 3.8) is 0 Å². The van der Waals surface area contributed by atoms with Gasteiger partial charge >= 0.3 is 0 Å². The van der Waals surface area contributed by atoms with Gasteiger partial charge in [-0.15, -0.1) is 0 Å². The van der Waals surface area contributed by atoms with Crippen molar-refractivity contribution in [2.24, 2.45) is 0 Å². The number of hydrogen-bond acceptors (Lipinski definition) is 0. The van der Waals surface area contributed by atoms with E-state index in [4.69, 9.17) is 4.11 Å². The molecule has 0 amide bonds. The Balaban J connectivity index is 1.21. The van der Waals surface area contributed by atoms with Gasteiger partial charge in [-0.25, -0.2) is 0 Å². The van der Waals surface area contributed by atoms with Crippen LogP contribution in [0, 0.1) is 6.85 Å². The second-order valence-electron chi connectivity index (χ2n) is 11.2. The highest BCUT2D eigenvalue weighted by Gasteiger charge is 2.16. The summed E-state index contributed by atoms with van der Waals surface area (Å²) in [7, 11) is 0. The molecular weight excluding hydrogens is 520 g/mol. The minimum atomic E-state index is -2.13. The molecule has 0 aliphatic rings. The number of hydrogen-bond donors (Lipinski definition) is 0. The minimum Gasteiger partial charge on any atom is -0.309 e. The molecule has 2 nitrogen and oxygen atoms in total. The van der Waals surface area contributed by atoms with Crippen molar-refractivity contribution < 1.29 is 4.11 Å². The number of fused-ring (bicyclic) bond motifs is 7. The Kier molecular flexibility index (Phi) is 4.53. The Morgan fingerprint density at radius 3 is 1.53 bits per heavy atom. The molecule has 0 fully saturated rings. The summed E-state index contributed by atoms with van der Waals surface area (Å²) in [5.74, 6) is 0. The molecule has 9 rings (SSSR count). The zero-order chi connectivity index (χ0) is 31.0. The average Bonchev–Trinajstić information content (AvgIpc) is 3.60. The first-order chi connectivity index (χ1) is 22.4. The van der Waals surface area contributed by atoms with Crippen LogP contribution in [0.2, 0.25) is 0 Å². The first-order valence-electron chi connectivity index (χ1n) is 16.1. The molecule has 0 atom stereocenters. The molecular formula is C41H28N2. The molecule has 0 spiro atoms. The molecule has 202 valence electrons. The molecule has 2 aromatic heterocycles. The molecule has 0 radical (unpaired) electrons. The minimum absolute atomic E-state index is 0.344. The van der Waals surface area contributed by atoms with Crippen molar-refractivity contribution in [1.29, 1.82) is 0 Å². The first kappa shape index (κ1) is 21.2. The molecule has 7 aromatic carbocycles. The normalized spacial score (nSPS) is 13.2. The second kappa shape index (κ2) is 9.20. The molecule has 0 saturated carbocycles. The van der Waals surface area contributed by atoms with Gasteiger partial charge in [0.2, 0.25) is 0 Å². The van der Waals surface area contributed by atoms with Crippen molar-refractivity contribution in [2.75, 3.05) is 0 Å². The van der Waals surface area contributed by atoms with E-state index in [-0.39, 0.29) is 0 Å². The summed E-state index contributed by atoms with van der Waals surface area (Å²) in [6.07, 6.45) is 0. The summed E-state index contributed by atoms with van der Waals surface area (Å²) in [5, 5.41) is 7.23. The molecule has 0 unspecified atom stereocenters. The predicted molar refractivity (Wildman–Crippen MR) is 183 cm³/mol. The Labute approximate surface area is 253 Å². The number of aryl methyl sites for hydroxylation is 1. The van der Waals surface area contributed by atoms with Crippen molar-refractivity contribution in [3.05, 3.63) is 157 Å². The fourth-order valence-electron chi connectivity index (χ4n) is 6.79. The largest absolute Gasteiger partial charge is 0.309 e. The van der Waals surface area contributed by atoms with Crippen LogP contribution in [0.4, 0.5) is 0 Å². The molecule has 0 bridgehead atoms. The lowest BCUT2D eigenvalue weighted by molar-refractivity contribution is 1.17. The Morgan fingerprint density at radius 1 is 0.395 bits per heavy atom. The summed E-state index contributed by atoms with van der Waals surface area (Å²) >= 11 is 0. The third-order valence-corrected chi connectivity index (χ3v) is 8.80. The van der Waals surface area contributed by atoms with Gasteiger partial charge in [-0.1, -0.05) is 96.6 Å². The molecule has 0 aliphatic carbocycles. The van der Waals surface area contributed by atoms with E-state index in [9.17, 15) is 0 Å². The van der Waals surface area contributed by atoms with E-state index in [2.05, 4.69) is 137 Å². The van der Waals surface area contributed by atoms with E-state index in [1.54, 1.807) is 12.1 Å². The lowest BCUT2D eigenvalue weighted by Crippen LogP contribution is -1.94. The van der Waals surface area contributed by atoms with Crippen molar-refractivity contribution in [2.45, 2.75) is 6.85 Å². The van der Waals surface area contributed by atoms with Gasteiger partial charge in [-0.2, -0.15) is 0 Å². The van der Waals surface area contributed by atoms with Crippen molar-refractivity contribution in [3.8, 4) is 22.5 Å². The Hall–Kier alpha value is -5.60. The van der Waals surface area contributed by atoms with Crippen LogP contribution in [0.25, 0.3) is 76.9 Å². The number of para-hydroxylation sites is 2. The van der Waals surface area contributed by atoms with Gasteiger partial charge in [-0.05, 0) is 89.4 Å². The van der Waals surface area contributed by atoms with Crippen LogP contribution in [-0.2, 0) is 0 Å². The maximum atomic E-state index is 7.78. The SMILES string of the molecule is [2H]C([2H])([2H])c1ccc(-n2c3ccccc3c3cc(-c4ccc5c(c4)c4ccccc4n5-c4ccc5ccccc5c4)ccc32)cc1. The van der Waals surface area contributed by atoms with Crippen LogP contribution in [0.5, 0.6) is 0 Å². The van der Waals surface area contributed by atoms with Gasteiger partial charge in [-0.3, -0.25) is 0 Å². The molecule has 2 heterocycles. The summed E-state index contributed by atoms with van der Waals surface area (Å²) < 4.78 is 27.9. The molecule has 9 aromatic rings. The molecule has 0 aliphatic heterocycles. The van der Waals surface area contributed by atoms with E-state index < -0.39 is 6.85 Å². The van der Waals surface area contributed by atoms with E-state index in [0.29, 0.717) is 5.56 Å². The van der Waals surface area contributed by atoms with Crippen molar-refractivity contribution >= 4 is 54.4 Å². The highest BCUT2D eigenvalue weighted by Crippen LogP contribution is 2.38. The third kappa shape index (κ3) is 3.67. The quantitative estimate of drug-likeness (QED) is 0.207. The Bertz CT molecular complexity index is 2620. The maximum absolute atomic E-state index is 7.78. The summed E-state index contributed by atoms with van der Waals surface area (Å²) in [6, 6.07) is 52.9. The van der Waals surface area contributed by atoms with E-state index in [0.717, 1.165) is 44.3 Å². The first-order valence-corrected chi connectivity index (χ1v) is 14.6. The second-order valence-corrected chi connectivity index (χ2v) is 11.2. The van der Waals surface area contributed by atoms with Gasteiger partial charge in [0, 0.05) is 37.0 Å². The molecule has 0 N–H and O–H groups in total. The summed E-state index contributed by atoms with van der Waals surface area (Å²) in [5.41, 5.74) is 9.29. The summed E-state index contributed by atoms with van der Waals surface area (Å²) in [4.78, 5) is 0. The van der Waals surface area contributed by atoms with Crippen LogP contribution >= 0.6 is 0 Å². The smallest absolute Gasteiger partial charge is 0.0541 e. The van der Waals surface area contributed by atoms with E-state index >= 15 is 0 Å². The van der Waals surface area contributed by atoms with Crippen molar-refractivity contribution in [1.82, 2.24) is 9.13 Å². The standard InChI is InChI=1S/C41H28N2/c1-27-14-19-32(20-15-27)42-38-12-6-4-10-34(38)36-25-30(17-22-40(36)42)31-18-23-41-37(26-31)35-11-5-7-13-39(35)43(41)33-21-16-28-8-2-3-9-29(28)24-33/h2-26H,1H3/i1D3. The van der Waals surface area contributed by atoms with Crippen LogP contribution in [0.1, 0.15) is 9.68 Å². The van der Waals surface area contributed by atoms with Crippen LogP contribution in [0.15, 0.2) is 152 Å². The Morgan fingerprint density at radius 2 is 0.907 bits per heavy atom. The topological polar surface area (TPSA) is 9.86 Å². The fourth-order valence-corrected chi connectivity index (χ4v) is 6.79. The monoisotopic (exact) mass is 551 g/mol. The van der Waals surface area contributed by atoms with Gasteiger partial charge in [0.05, 0.1) is 22.1 Å². The fraction of sp³-hybridized carbons (Fsp3) is 0.0244. The zero-order valence-electron chi connectivity index (χ0n) is 26.3. The summed E-state index contributed by atoms with van der Waals surface area (Å²) in [6.45, 7) is -2.13. The van der Waals surface area contributed by atoms with Gasteiger partial charge < -0.3 is 9.13 Å². The van der Waals surface area contributed by atoms with E-state index in [1.165, 1.54) is 32.6 Å². The number of rotatable bonds is 3. The highest BCUT2D eigenvalue weighted by molar-refractivity contribution is 6.12. The predicted octanol–water partition coefficient (Wildman–Crippen LogP) is 11.0. The van der Waals surface area contributed by atoms with Crippen LogP contribution in [0.3, 0.4) is 0 Å². The van der Waals surface area contributed by atoms with Crippen LogP contribution in [-0.4, -0.2) is 9.13 Å². The number of aromatic nitrogens is 2. The van der Waals surface area contributed by atoms with Gasteiger partial charge in [0.1, 0.15) is 0 Å². The van der Waals surface area contributed by atoms with Gasteiger partial charge in [0.15, 0.2) is 0 Å². The zero-order valence-corrected chi connectivity index (χ0v) is 23.3. The van der Waals surface area contributed by atoms with Crippen LogP contribution < -0.4 is 0 Å². The maximum Gasteiger partial charge on any atom is 0.0541 e.